The highest BCUT2D eigenvalue weighted by Crippen LogP contribution is 2.70. The largest absolute Gasteiger partial charge is 0.472 e. The molecule has 0 amide bonds. The maximum absolute atomic E-state index is 12.1. The fraction of sp³-hybridized carbons (Fsp3) is 0.833. The van der Waals surface area contributed by atoms with Gasteiger partial charge in [-0.15, -0.1) is 0 Å². The molecule has 7 nitrogen and oxygen atoms in total. The molecule has 0 N–H and O–H groups in total. The SMILES string of the molecule is CC(=O)OC[C@@]12[C@@H](OC(C)=O)C[C@@H](C)[C@](C)(C3C[C@H]4C=CO[C@H]4O3)[C@H]1CCC[C@]21CO1. The van der Waals surface area contributed by atoms with E-state index in [2.05, 4.69) is 19.9 Å². The zero-order chi connectivity index (χ0) is 22.0. The number of hydrogen-bond donors (Lipinski definition) is 0. The Hall–Kier alpha value is -1.60. The van der Waals surface area contributed by atoms with Crippen molar-refractivity contribution in [1.29, 1.82) is 0 Å². The second-order valence-corrected chi connectivity index (χ2v) is 10.5. The lowest BCUT2D eigenvalue weighted by atomic mass is 9.42. The summed E-state index contributed by atoms with van der Waals surface area (Å²) in [6.07, 6.45) is 7.82. The van der Waals surface area contributed by atoms with Crippen LogP contribution in [0.25, 0.3) is 0 Å². The molecule has 3 aliphatic heterocycles. The summed E-state index contributed by atoms with van der Waals surface area (Å²) in [4.78, 5) is 24.0. The number of fused-ring (bicyclic) bond motifs is 3. The van der Waals surface area contributed by atoms with Crippen molar-refractivity contribution in [3.63, 3.8) is 0 Å². The number of carbonyl (C=O) groups is 2. The molecule has 1 spiro atoms. The maximum Gasteiger partial charge on any atom is 0.302 e. The minimum Gasteiger partial charge on any atom is -0.472 e. The van der Waals surface area contributed by atoms with E-state index >= 15 is 0 Å². The van der Waals surface area contributed by atoms with Crippen molar-refractivity contribution in [3.05, 3.63) is 12.3 Å². The van der Waals surface area contributed by atoms with Crippen molar-refractivity contribution in [1.82, 2.24) is 0 Å². The summed E-state index contributed by atoms with van der Waals surface area (Å²) in [6.45, 7) is 8.30. The van der Waals surface area contributed by atoms with E-state index in [1.165, 1.54) is 13.8 Å². The van der Waals surface area contributed by atoms with Crippen LogP contribution in [-0.2, 0) is 33.3 Å². The molecule has 1 unspecified atom stereocenters. The van der Waals surface area contributed by atoms with Gasteiger partial charge in [-0.2, -0.15) is 0 Å². The summed E-state index contributed by atoms with van der Waals surface area (Å²) in [7, 11) is 0. The number of ether oxygens (including phenoxy) is 5. The van der Waals surface area contributed by atoms with E-state index in [-0.39, 0.29) is 60.2 Å². The van der Waals surface area contributed by atoms with E-state index < -0.39 is 11.0 Å². The van der Waals surface area contributed by atoms with Gasteiger partial charge in [-0.1, -0.05) is 20.3 Å². The van der Waals surface area contributed by atoms with Gasteiger partial charge in [0, 0.05) is 25.2 Å². The first-order valence-electron chi connectivity index (χ1n) is 11.6. The van der Waals surface area contributed by atoms with E-state index in [4.69, 9.17) is 23.7 Å². The fourth-order valence-corrected chi connectivity index (χ4v) is 7.46. The standard InChI is InChI=1S/C24H34O7/c1-14-10-20(30-16(3)26)24(13-28-15(2)25)18(6-5-8-23(24)12-29-23)22(14,4)19-11-17-7-9-27-21(17)31-19/h7,9,14,17-21H,5-6,8,10-13H2,1-4H3/t14-,17-,18-,19?,20+,21+,22+,23+,24+/m1/s1. The summed E-state index contributed by atoms with van der Waals surface area (Å²) in [6, 6.07) is 0. The van der Waals surface area contributed by atoms with E-state index in [0.717, 1.165) is 25.7 Å². The van der Waals surface area contributed by atoms with Crippen LogP contribution < -0.4 is 0 Å². The van der Waals surface area contributed by atoms with Gasteiger partial charge in [0.05, 0.1) is 24.4 Å². The van der Waals surface area contributed by atoms with Gasteiger partial charge < -0.3 is 23.7 Å². The molecule has 2 aliphatic carbocycles. The maximum atomic E-state index is 12.1. The predicted molar refractivity (Wildman–Crippen MR) is 110 cm³/mol. The van der Waals surface area contributed by atoms with Gasteiger partial charge in [0.25, 0.3) is 0 Å². The topological polar surface area (TPSA) is 83.6 Å². The van der Waals surface area contributed by atoms with E-state index in [9.17, 15) is 9.59 Å². The molecule has 0 aromatic rings. The number of hydrogen-bond acceptors (Lipinski definition) is 7. The Morgan fingerprint density at radius 1 is 1.19 bits per heavy atom. The Morgan fingerprint density at radius 3 is 2.61 bits per heavy atom. The van der Waals surface area contributed by atoms with E-state index in [1.54, 1.807) is 6.26 Å². The third-order valence-electron chi connectivity index (χ3n) is 9.18. The Balaban J connectivity index is 1.58. The van der Waals surface area contributed by atoms with Gasteiger partial charge in [-0.3, -0.25) is 9.59 Å². The molecule has 5 aliphatic rings. The molecule has 0 radical (unpaired) electrons. The molecule has 5 rings (SSSR count). The highest BCUT2D eigenvalue weighted by atomic mass is 16.7. The smallest absolute Gasteiger partial charge is 0.302 e. The highest BCUT2D eigenvalue weighted by Gasteiger charge is 2.76. The Labute approximate surface area is 183 Å². The van der Waals surface area contributed by atoms with Crippen molar-refractivity contribution < 1.29 is 33.3 Å². The number of esters is 2. The quantitative estimate of drug-likeness (QED) is 0.496. The van der Waals surface area contributed by atoms with Gasteiger partial charge in [-0.05, 0) is 43.6 Å². The zero-order valence-corrected chi connectivity index (χ0v) is 18.9. The third kappa shape index (κ3) is 2.99. The third-order valence-corrected chi connectivity index (χ3v) is 9.18. The summed E-state index contributed by atoms with van der Waals surface area (Å²) < 4.78 is 30.0. The lowest BCUT2D eigenvalue weighted by Crippen LogP contribution is -2.69. The molecule has 2 saturated heterocycles. The second-order valence-electron chi connectivity index (χ2n) is 10.5. The first-order valence-corrected chi connectivity index (χ1v) is 11.6. The molecule has 7 heteroatoms. The minimum absolute atomic E-state index is 0.0244. The number of rotatable bonds is 4. The average molecular weight is 435 g/mol. The van der Waals surface area contributed by atoms with Gasteiger partial charge in [0.15, 0.2) is 0 Å². The molecule has 172 valence electrons. The summed E-state index contributed by atoms with van der Waals surface area (Å²) in [5.74, 6) is 0.0539. The molecule has 3 heterocycles. The Morgan fingerprint density at radius 2 is 1.97 bits per heavy atom. The summed E-state index contributed by atoms with van der Waals surface area (Å²) >= 11 is 0. The number of carbonyl (C=O) groups excluding carboxylic acids is 2. The van der Waals surface area contributed by atoms with Crippen LogP contribution in [0.5, 0.6) is 0 Å². The minimum atomic E-state index is -0.568. The van der Waals surface area contributed by atoms with Crippen LogP contribution in [-0.4, -0.2) is 49.3 Å². The van der Waals surface area contributed by atoms with Crippen molar-refractivity contribution >= 4 is 11.9 Å². The van der Waals surface area contributed by atoms with Gasteiger partial charge in [0.1, 0.15) is 18.3 Å². The highest BCUT2D eigenvalue weighted by molar-refractivity contribution is 5.67. The monoisotopic (exact) mass is 434 g/mol. The molecular formula is C24H34O7. The zero-order valence-electron chi connectivity index (χ0n) is 18.9. The molecule has 0 bridgehead atoms. The lowest BCUT2D eigenvalue weighted by molar-refractivity contribution is -0.253. The molecule has 0 aromatic carbocycles. The Bertz CT molecular complexity index is 789. The molecule has 9 atom stereocenters. The predicted octanol–water partition coefficient (Wildman–Crippen LogP) is 3.36. The van der Waals surface area contributed by atoms with Crippen molar-refractivity contribution in [2.24, 2.45) is 28.6 Å². The van der Waals surface area contributed by atoms with Crippen LogP contribution in [0.3, 0.4) is 0 Å². The van der Waals surface area contributed by atoms with Crippen LogP contribution in [0.4, 0.5) is 0 Å². The van der Waals surface area contributed by atoms with Crippen LogP contribution in [0.15, 0.2) is 12.3 Å². The second kappa shape index (κ2) is 7.20. The van der Waals surface area contributed by atoms with Gasteiger partial charge in [0.2, 0.25) is 6.29 Å². The van der Waals surface area contributed by atoms with Crippen LogP contribution in [0.2, 0.25) is 0 Å². The normalized spacial score (nSPS) is 49.8. The summed E-state index contributed by atoms with van der Waals surface area (Å²) in [5, 5.41) is 0. The van der Waals surface area contributed by atoms with Crippen molar-refractivity contribution in [2.45, 2.75) is 83.9 Å². The molecule has 2 saturated carbocycles. The molecule has 31 heavy (non-hydrogen) atoms. The summed E-state index contributed by atoms with van der Waals surface area (Å²) in [5.41, 5.74) is -1.16. The van der Waals surface area contributed by atoms with E-state index in [0.29, 0.717) is 13.0 Å². The molecular weight excluding hydrogens is 400 g/mol. The van der Waals surface area contributed by atoms with Crippen LogP contribution in [0.1, 0.15) is 59.8 Å². The van der Waals surface area contributed by atoms with Crippen LogP contribution in [0, 0.1) is 28.6 Å². The molecule has 4 fully saturated rings. The van der Waals surface area contributed by atoms with Gasteiger partial charge in [-0.25, -0.2) is 0 Å². The molecule has 0 aromatic heterocycles. The fourth-order valence-electron chi connectivity index (χ4n) is 7.46. The van der Waals surface area contributed by atoms with E-state index in [1.807, 2.05) is 0 Å². The average Bonchev–Trinajstić information content (AvgIpc) is 3.15. The van der Waals surface area contributed by atoms with Crippen LogP contribution >= 0.6 is 0 Å². The first kappa shape index (κ1) is 21.3. The number of epoxide rings is 1. The van der Waals surface area contributed by atoms with Crippen molar-refractivity contribution in [3.8, 4) is 0 Å². The first-order chi connectivity index (χ1) is 14.7. The lowest BCUT2D eigenvalue weighted by Gasteiger charge is -2.64. The Kier molecular flexibility index (Phi) is 4.94. The van der Waals surface area contributed by atoms with Gasteiger partial charge >= 0.3 is 11.9 Å². The van der Waals surface area contributed by atoms with Crippen molar-refractivity contribution in [2.75, 3.05) is 13.2 Å².